The number of hydrogen-bond acceptors (Lipinski definition) is 5. The molecule has 158 valence electrons. The van der Waals surface area contributed by atoms with E-state index in [1.807, 2.05) is 38.1 Å². The third kappa shape index (κ3) is 5.71. The molecule has 0 heterocycles. The van der Waals surface area contributed by atoms with Gasteiger partial charge in [0.2, 0.25) is 10.0 Å². The number of amides is 1. The lowest BCUT2D eigenvalue weighted by atomic mass is 10.2. The van der Waals surface area contributed by atoms with Gasteiger partial charge in [-0.25, -0.2) is 8.42 Å². The van der Waals surface area contributed by atoms with E-state index in [2.05, 4.69) is 5.32 Å². The number of nitrogens with zero attached hydrogens (tertiary/aromatic N) is 2. The van der Waals surface area contributed by atoms with Crippen LogP contribution in [-0.2, 0) is 14.8 Å². The van der Waals surface area contributed by atoms with E-state index in [4.69, 9.17) is 4.74 Å². The molecule has 0 radical (unpaired) electrons. The topological polar surface area (TPSA) is 79.0 Å². The van der Waals surface area contributed by atoms with Gasteiger partial charge in [0.25, 0.3) is 5.91 Å². The van der Waals surface area contributed by atoms with E-state index in [1.165, 1.54) is 10.4 Å². The van der Waals surface area contributed by atoms with Crippen LogP contribution in [0.2, 0.25) is 0 Å². The highest BCUT2D eigenvalue weighted by Gasteiger charge is 2.23. The Labute approximate surface area is 173 Å². The van der Waals surface area contributed by atoms with Crippen molar-refractivity contribution < 1.29 is 17.9 Å². The highest BCUT2D eigenvalue weighted by molar-refractivity contribution is 7.89. The second kappa shape index (κ2) is 9.76. The third-order valence-electron chi connectivity index (χ3n) is 4.46. The quantitative estimate of drug-likeness (QED) is 0.676. The van der Waals surface area contributed by atoms with E-state index >= 15 is 0 Å². The predicted octanol–water partition coefficient (Wildman–Crippen LogP) is 3.11. The Morgan fingerprint density at radius 1 is 1.03 bits per heavy atom. The van der Waals surface area contributed by atoms with Gasteiger partial charge in [-0.3, -0.25) is 4.79 Å². The lowest BCUT2D eigenvalue weighted by molar-refractivity contribution is -0.118. The zero-order chi connectivity index (χ0) is 21.6. The van der Waals surface area contributed by atoms with Gasteiger partial charge in [0.05, 0.1) is 16.3 Å². The SMILES string of the molecule is CCN(CC)S(=O)(=O)c1ccc(N(C)C)c(NC(=O)COc2ccc(C)cc2)c1. The molecular weight excluding hydrogens is 390 g/mol. The molecule has 0 aliphatic carbocycles. The number of carbonyl (C=O) groups is 1. The lowest BCUT2D eigenvalue weighted by Crippen LogP contribution is -2.31. The Morgan fingerprint density at radius 2 is 1.66 bits per heavy atom. The summed E-state index contributed by atoms with van der Waals surface area (Å²) in [6, 6.07) is 12.1. The first-order chi connectivity index (χ1) is 13.7. The summed E-state index contributed by atoms with van der Waals surface area (Å²) in [5, 5.41) is 2.77. The highest BCUT2D eigenvalue weighted by Crippen LogP contribution is 2.29. The minimum absolute atomic E-state index is 0.140. The summed E-state index contributed by atoms with van der Waals surface area (Å²) in [5.41, 5.74) is 2.22. The average molecular weight is 420 g/mol. The third-order valence-corrected chi connectivity index (χ3v) is 6.50. The van der Waals surface area contributed by atoms with Crippen LogP contribution in [0.15, 0.2) is 47.4 Å². The molecule has 0 fully saturated rings. The first kappa shape index (κ1) is 22.7. The van der Waals surface area contributed by atoms with Crippen LogP contribution in [0.5, 0.6) is 5.75 Å². The molecule has 1 N–H and O–H groups in total. The van der Waals surface area contributed by atoms with Crippen LogP contribution in [0.25, 0.3) is 0 Å². The molecule has 0 saturated carbocycles. The standard InChI is InChI=1S/C21H29N3O4S/c1-6-24(7-2)29(26,27)18-12-13-20(23(4)5)19(14-18)22-21(25)15-28-17-10-8-16(3)9-11-17/h8-14H,6-7,15H2,1-5H3,(H,22,25). The molecule has 0 bridgehead atoms. The summed E-state index contributed by atoms with van der Waals surface area (Å²) in [6.07, 6.45) is 0. The first-order valence-electron chi connectivity index (χ1n) is 9.49. The van der Waals surface area contributed by atoms with Gasteiger partial charge in [0.15, 0.2) is 6.61 Å². The highest BCUT2D eigenvalue weighted by atomic mass is 32.2. The lowest BCUT2D eigenvalue weighted by Gasteiger charge is -2.22. The van der Waals surface area contributed by atoms with E-state index in [0.717, 1.165) is 5.56 Å². The Morgan fingerprint density at radius 3 is 2.21 bits per heavy atom. The molecule has 0 aromatic heterocycles. The minimum Gasteiger partial charge on any atom is -0.484 e. The Balaban J connectivity index is 2.23. The average Bonchev–Trinajstić information content (AvgIpc) is 2.68. The van der Waals surface area contributed by atoms with Gasteiger partial charge >= 0.3 is 0 Å². The van der Waals surface area contributed by atoms with Crippen LogP contribution in [0.1, 0.15) is 19.4 Å². The van der Waals surface area contributed by atoms with Crippen molar-refractivity contribution in [3.05, 3.63) is 48.0 Å². The van der Waals surface area contributed by atoms with Crippen LogP contribution >= 0.6 is 0 Å². The van der Waals surface area contributed by atoms with Crippen molar-refractivity contribution in [1.29, 1.82) is 0 Å². The fourth-order valence-corrected chi connectivity index (χ4v) is 4.33. The smallest absolute Gasteiger partial charge is 0.262 e. The molecule has 0 atom stereocenters. The number of aryl methyl sites for hydroxylation is 1. The number of hydrogen-bond donors (Lipinski definition) is 1. The number of sulfonamides is 1. The maximum atomic E-state index is 12.8. The molecule has 0 aliphatic heterocycles. The molecule has 0 saturated heterocycles. The Hall–Kier alpha value is -2.58. The summed E-state index contributed by atoms with van der Waals surface area (Å²) >= 11 is 0. The summed E-state index contributed by atoms with van der Waals surface area (Å²) in [5.74, 6) is 0.225. The van der Waals surface area contributed by atoms with Crippen molar-refractivity contribution in [2.24, 2.45) is 0 Å². The summed E-state index contributed by atoms with van der Waals surface area (Å²) in [6.45, 7) is 6.13. The maximum absolute atomic E-state index is 12.8. The van der Waals surface area contributed by atoms with Gasteiger partial charge in [-0.1, -0.05) is 31.5 Å². The normalized spacial score (nSPS) is 11.4. The number of benzene rings is 2. The van der Waals surface area contributed by atoms with E-state index in [9.17, 15) is 13.2 Å². The summed E-state index contributed by atoms with van der Waals surface area (Å²) < 4.78 is 32.5. The number of anilines is 2. The maximum Gasteiger partial charge on any atom is 0.262 e. The van der Waals surface area contributed by atoms with E-state index < -0.39 is 10.0 Å². The second-order valence-corrected chi connectivity index (χ2v) is 8.75. The fourth-order valence-electron chi connectivity index (χ4n) is 2.85. The van der Waals surface area contributed by atoms with E-state index in [1.54, 1.807) is 38.1 Å². The summed E-state index contributed by atoms with van der Waals surface area (Å²) in [4.78, 5) is 14.4. The molecular formula is C21H29N3O4S. The Bertz CT molecular complexity index is 937. The van der Waals surface area contributed by atoms with Crippen molar-refractivity contribution >= 4 is 27.3 Å². The van der Waals surface area contributed by atoms with Crippen molar-refractivity contribution in [3.63, 3.8) is 0 Å². The van der Waals surface area contributed by atoms with Gasteiger partial charge in [0.1, 0.15) is 5.75 Å². The minimum atomic E-state index is -3.63. The number of rotatable bonds is 9. The zero-order valence-corrected chi connectivity index (χ0v) is 18.4. The van der Waals surface area contributed by atoms with Gasteiger partial charge in [0, 0.05) is 27.2 Å². The Kier molecular flexibility index (Phi) is 7.64. The number of nitrogens with one attached hydrogen (secondary N) is 1. The van der Waals surface area contributed by atoms with Crippen LogP contribution in [0.4, 0.5) is 11.4 Å². The molecule has 29 heavy (non-hydrogen) atoms. The van der Waals surface area contributed by atoms with Gasteiger partial charge in [-0.15, -0.1) is 0 Å². The molecule has 0 unspecified atom stereocenters. The molecule has 7 nitrogen and oxygen atoms in total. The van der Waals surface area contributed by atoms with E-state index in [-0.39, 0.29) is 17.4 Å². The van der Waals surface area contributed by atoms with E-state index in [0.29, 0.717) is 30.2 Å². The molecule has 2 aromatic rings. The molecule has 8 heteroatoms. The molecule has 2 aromatic carbocycles. The van der Waals surface area contributed by atoms with Crippen LogP contribution in [0, 0.1) is 6.92 Å². The van der Waals surface area contributed by atoms with Crippen LogP contribution < -0.4 is 15.0 Å². The molecule has 0 aliphatic rings. The predicted molar refractivity (Wildman–Crippen MR) is 116 cm³/mol. The first-order valence-corrected chi connectivity index (χ1v) is 10.9. The molecule has 2 rings (SSSR count). The van der Waals surface area contributed by atoms with Crippen molar-refractivity contribution in [2.45, 2.75) is 25.7 Å². The van der Waals surface area contributed by atoms with Gasteiger partial charge in [-0.2, -0.15) is 4.31 Å². The zero-order valence-electron chi connectivity index (χ0n) is 17.6. The van der Waals surface area contributed by atoms with Crippen LogP contribution in [0.3, 0.4) is 0 Å². The number of carbonyl (C=O) groups excluding carboxylic acids is 1. The fraction of sp³-hybridized carbons (Fsp3) is 0.381. The molecule has 0 spiro atoms. The van der Waals surface area contributed by atoms with Gasteiger partial charge in [-0.05, 0) is 37.3 Å². The second-order valence-electron chi connectivity index (χ2n) is 6.81. The monoisotopic (exact) mass is 419 g/mol. The van der Waals surface area contributed by atoms with Crippen molar-refractivity contribution in [2.75, 3.05) is 44.0 Å². The number of ether oxygens (including phenoxy) is 1. The largest absolute Gasteiger partial charge is 0.484 e. The van der Waals surface area contributed by atoms with Crippen molar-refractivity contribution in [1.82, 2.24) is 4.31 Å². The van der Waals surface area contributed by atoms with Crippen LogP contribution in [-0.4, -0.2) is 52.4 Å². The molecule has 1 amide bonds. The van der Waals surface area contributed by atoms with Crippen molar-refractivity contribution in [3.8, 4) is 5.75 Å². The van der Waals surface area contributed by atoms with Gasteiger partial charge < -0.3 is 15.0 Å². The summed E-state index contributed by atoms with van der Waals surface area (Å²) in [7, 11) is 0.0224.